The average molecular weight is 491 g/mol. The molecule has 0 saturated carbocycles. The van der Waals surface area contributed by atoms with Gasteiger partial charge in [0.2, 0.25) is 0 Å². The minimum atomic E-state index is -0.219. The standard InChI is InChI=1S/C31H42N2O3/c1-2-3-4-5-6-7-8-9-10-11-12-13-22-34-31(25-35-29-18-14-27(23-32)15-19-29)26-36-30-20-16-28(24-33)17-21-30/h14-21,31H,2-13,22,25-26H2,1H3. The largest absolute Gasteiger partial charge is 0.491 e. The summed E-state index contributed by atoms with van der Waals surface area (Å²) in [6, 6.07) is 18.4. The van der Waals surface area contributed by atoms with Crippen molar-refractivity contribution in [1.82, 2.24) is 0 Å². The number of ether oxygens (including phenoxy) is 3. The van der Waals surface area contributed by atoms with E-state index >= 15 is 0 Å². The molecule has 0 aliphatic rings. The SMILES string of the molecule is CCCCCCCCCCCCCCOC(COc1ccc(C#N)cc1)COc1ccc(C#N)cc1. The summed E-state index contributed by atoms with van der Waals surface area (Å²) in [5.74, 6) is 1.40. The molecule has 194 valence electrons. The van der Waals surface area contributed by atoms with E-state index in [9.17, 15) is 0 Å². The number of nitriles is 2. The molecular formula is C31H42N2O3. The fourth-order valence-electron chi connectivity index (χ4n) is 3.97. The van der Waals surface area contributed by atoms with Gasteiger partial charge in [-0.25, -0.2) is 0 Å². The van der Waals surface area contributed by atoms with Gasteiger partial charge in [-0.1, -0.05) is 77.6 Å². The van der Waals surface area contributed by atoms with Gasteiger partial charge in [0.15, 0.2) is 0 Å². The van der Waals surface area contributed by atoms with Crippen LogP contribution in [0, 0.1) is 22.7 Å². The molecular weight excluding hydrogens is 448 g/mol. The second kappa shape index (κ2) is 19.2. The second-order valence-electron chi connectivity index (χ2n) is 9.28. The molecule has 2 aromatic carbocycles. The maximum Gasteiger partial charge on any atom is 0.125 e. The van der Waals surface area contributed by atoms with E-state index in [4.69, 9.17) is 24.7 Å². The summed E-state index contributed by atoms with van der Waals surface area (Å²) in [4.78, 5) is 0. The molecule has 36 heavy (non-hydrogen) atoms. The third-order valence-electron chi connectivity index (χ3n) is 6.19. The lowest BCUT2D eigenvalue weighted by molar-refractivity contribution is -0.00880. The molecule has 0 N–H and O–H groups in total. The first-order valence-corrected chi connectivity index (χ1v) is 13.6. The van der Waals surface area contributed by atoms with E-state index in [1.54, 1.807) is 48.5 Å². The molecule has 5 nitrogen and oxygen atoms in total. The Hall–Kier alpha value is -3.02. The van der Waals surface area contributed by atoms with E-state index in [0.717, 1.165) is 6.42 Å². The number of unbranched alkanes of at least 4 members (excludes halogenated alkanes) is 11. The zero-order chi connectivity index (χ0) is 25.7. The van der Waals surface area contributed by atoms with E-state index < -0.39 is 0 Å². The molecule has 5 heteroatoms. The molecule has 0 aliphatic heterocycles. The first-order chi connectivity index (χ1) is 17.7. The van der Waals surface area contributed by atoms with Crippen molar-refractivity contribution in [1.29, 1.82) is 10.5 Å². The summed E-state index contributed by atoms with van der Waals surface area (Å²) in [6.45, 7) is 3.66. The maximum atomic E-state index is 8.96. The zero-order valence-electron chi connectivity index (χ0n) is 21.9. The van der Waals surface area contributed by atoms with Crippen LogP contribution >= 0.6 is 0 Å². The molecule has 0 atom stereocenters. The van der Waals surface area contributed by atoms with Crippen LogP contribution in [0.3, 0.4) is 0 Å². The van der Waals surface area contributed by atoms with Crippen LogP contribution in [-0.4, -0.2) is 25.9 Å². The number of benzene rings is 2. The Morgan fingerprint density at radius 3 is 1.36 bits per heavy atom. The Labute approximate surface area is 218 Å². The van der Waals surface area contributed by atoms with E-state index in [0.29, 0.717) is 42.4 Å². The molecule has 0 saturated heterocycles. The summed E-state index contributed by atoms with van der Waals surface area (Å²) in [7, 11) is 0. The molecule has 2 rings (SSSR count). The minimum Gasteiger partial charge on any atom is -0.491 e. The van der Waals surface area contributed by atoms with E-state index in [-0.39, 0.29) is 6.10 Å². The normalized spacial score (nSPS) is 10.7. The molecule has 0 radical (unpaired) electrons. The van der Waals surface area contributed by atoms with Crippen molar-refractivity contribution in [3.63, 3.8) is 0 Å². The summed E-state index contributed by atoms with van der Waals surface area (Å²) >= 11 is 0. The lowest BCUT2D eigenvalue weighted by Gasteiger charge is -2.19. The summed E-state index contributed by atoms with van der Waals surface area (Å²) < 4.78 is 17.9. The lowest BCUT2D eigenvalue weighted by atomic mass is 10.1. The van der Waals surface area contributed by atoms with Crippen LogP contribution in [-0.2, 0) is 4.74 Å². The molecule has 0 heterocycles. The first-order valence-electron chi connectivity index (χ1n) is 13.6. The predicted molar refractivity (Wildman–Crippen MR) is 144 cm³/mol. The van der Waals surface area contributed by atoms with Gasteiger partial charge in [-0.05, 0) is 55.0 Å². The van der Waals surface area contributed by atoms with Crippen LogP contribution in [0.15, 0.2) is 48.5 Å². The van der Waals surface area contributed by atoms with Gasteiger partial charge in [0, 0.05) is 6.61 Å². The zero-order valence-corrected chi connectivity index (χ0v) is 21.9. The van der Waals surface area contributed by atoms with Gasteiger partial charge in [-0.3, -0.25) is 0 Å². The smallest absolute Gasteiger partial charge is 0.125 e. The highest BCUT2D eigenvalue weighted by atomic mass is 16.6. The minimum absolute atomic E-state index is 0.219. The molecule has 0 aliphatic carbocycles. The van der Waals surface area contributed by atoms with Crippen molar-refractivity contribution in [2.24, 2.45) is 0 Å². The second-order valence-corrected chi connectivity index (χ2v) is 9.28. The number of hydrogen-bond donors (Lipinski definition) is 0. The predicted octanol–water partition coefficient (Wildman–Crippen LogP) is 7.97. The number of nitrogens with zero attached hydrogens (tertiary/aromatic N) is 2. The van der Waals surface area contributed by atoms with Gasteiger partial charge >= 0.3 is 0 Å². The highest BCUT2D eigenvalue weighted by Gasteiger charge is 2.12. The molecule has 0 fully saturated rings. The number of hydrogen-bond acceptors (Lipinski definition) is 5. The Morgan fingerprint density at radius 2 is 0.972 bits per heavy atom. The van der Waals surface area contributed by atoms with Crippen LogP contribution in [0.1, 0.15) is 95.1 Å². The van der Waals surface area contributed by atoms with Crippen LogP contribution in [0.2, 0.25) is 0 Å². The summed E-state index contributed by atoms with van der Waals surface area (Å²) in [5, 5.41) is 17.9. The van der Waals surface area contributed by atoms with Crippen molar-refractivity contribution in [3.05, 3.63) is 59.7 Å². The van der Waals surface area contributed by atoms with Crippen molar-refractivity contribution in [2.45, 2.75) is 90.1 Å². The monoisotopic (exact) mass is 490 g/mol. The van der Waals surface area contributed by atoms with Crippen molar-refractivity contribution < 1.29 is 14.2 Å². The Morgan fingerprint density at radius 1 is 0.583 bits per heavy atom. The van der Waals surface area contributed by atoms with E-state index in [1.165, 1.54) is 70.6 Å². The van der Waals surface area contributed by atoms with Gasteiger partial charge in [-0.15, -0.1) is 0 Å². The Balaban J connectivity index is 1.66. The molecule has 0 unspecified atom stereocenters. The third-order valence-corrected chi connectivity index (χ3v) is 6.19. The van der Waals surface area contributed by atoms with E-state index in [1.807, 2.05) is 0 Å². The van der Waals surface area contributed by atoms with Crippen molar-refractivity contribution in [3.8, 4) is 23.6 Å². The molecule has 0 bridgehead atoms. The van der Waals surface area contributed by atoms with E-state index in [2.05, 4.69) is 19.1 Å². The summed E-state index contributed by atoms with van der Waals surface area (Å²) in [6.07, 6.45) is 15.5. The van der Waals surface area contributed by atoms with Crippen molar-refractivity contribution >= 4 is 0 Å². The highest BCUT2D eigenvalue weighted by molar-refractivity contribution is 5.35. The topological polar surface area (TPSA) is 75.3 Å². The van der Waals surface area contributed by atoms with Crippen molar-refractivity contribution in [2.75, 3.05) is 19.8 Å². The third kappa shape index (κ3) is 13.2. The van der Waals surface area contributed by atoms with Crippen LogP contribution in [0.25, 0.3) is 0 Å². The van der Waals surface area contributed by atoms with Crippen LogP contribution < -0.4 is 9.47 Å². The summed E-state index contributed by atoms with van der Waals surface area (Å²) in [5.41, 5.74) is 1.21. The quantitative estimate of drug-likeness (QED) is 0.176. The molecule has 2 aromatic rings. The number of rotatable bonds is 20. The fourth-order valence-corrected chi connectivity index (χ4v) is 3.97. The molecule has 0 aromatic heterocycles. The fraction of sp³-hybridized carbons (Fsp3) is 0.548. The van der Waals surface area contributed by atoms with Crippen LogP contribution in [0.4, 0.5) is 0 Å². The maximum absolute atomic E-state index is 8.96. The van der Waals surface area contributed by atoms with Crippen LogP contribution in [0.5, 0.6) is 11.5 Å². The van der Waals surface area contributed by atoms with Gasteiger partial charge in [0.25, 0.3) is 0 Å². The van der Waals surface area contributed by atoms with Gasteiger partial charge < -0.3 is 14.2 Å². The molecule has 0 spiro atoms. The van der Waals surface area contributed by atoms with Gasteiger partial charge in [-0.2, -0.15) is 10.5 Å². The first kappa shape index (κ1) is 29.2. The lowest BCUT2D eigenvalue weighted by Crippen LogP contribution is -2.29. The molecule has 0 amide bonds. The van der Waals surface area contributed by atoms with Gasteiger partial charge in [0.1, 0.15) is 30.8 Å². The Bertz CT molecular complexity index is 836. The van der Waals surface area contributed by atoms with Gasteiger partial charge in [0.05, 0.1) is 23.3 Å². The average Bonchev–Trinajstić information content (AvgIpc) is 2.92. The Kier molecular flexibility index (Phi) is 15.6. The highest BCUT2D eigenvalue weighted by Crippen LogP contribution is 2.16.